The summed E-state index contributed by atoms with van der Waals surface area (Å²) < 4.78 is 1.14. The maximum atomic E-state index is 4.69. The smallest absolute Gasteiger partial charge is 0.143 e. The predicted molar refractivity (Wildman–Crippen MR) is 92.3 cm³/mol. The van der Waals surface area contributed by atoms with Crippen LogP contribution in [0.25, 0.3) is 0 Å². The van der Waals surface area contributed by atoms with Gasteiger partial charge in [-0.25, -0.2) is 9.97 Å². The van der Waals surface area contributed by atoms with E-state index in [2.05, 4.69) is 77.9 Å². The van der Waals surface area contributed by atoms with Gasteiger partial charge in [0.25, 0.3) is 0 Å². The van der Waals surface area contributed by atoms with Gasteiger partial charge >= 0.3 is 0 Å². The third-order valence-corrected chi connectivity index (χ3v) is 4.26. The molecule has 20 heavy (non-hydrogen) atoms. The molecule has 2 aromatic rings. The lowest BCUT2D eigenvalue weighted by molar-refractivity contribution is 0.893. The Balaban J connectivity index is 2.31. The largest absolute Gasteiger partial charge is 0.369 e. The van der Waals surface area contributed by atoms with Crippen LogP contribution < -0.4 is 5.32 Å². The Bertz CT molecular complexity index is 579. The molecule has 0 bridgehead atoms. The van der Waals surface area contributed by atoms with Crippen LogP contribution in [0.4, 0.5) is 5.82 Å². The van der Waals surface area contributed by atoms with E-state index in [4.69, 9.17) is 4.98 Å². The molecule has 4 heteroatoms. The Hall–Kier alpha value is -1.17. The molecule has 1 aromatic heterocycles. The highest BCUT2D eigenvalue weighted by Crippen LogP contribution is 2.20. The minimum absolute atomic E-state index is 0.780. The molecule has 0 spiro atoms. The van der Waals surface area contributed by atoms with Gasteiger partial charge in [-0.1, -0.05) is 36.8 Å². The molecular weight excluding hydrogens is 361 g/mol. The van der Waals surface area contributed by atoms with Gasteiger partial charge in [-0.3, -0.25) is 0 Å². The molecule has 0 aliphatic carbocycles. The van der Waals surface area contributed by atoms with Crippen molar-refractivity contribution < 1.29 is 0 Å². The topological polar surface area (TPSA) is 37.8 Å². The molecule has 0 aliphatic rings. The Morgan fingerprint density at radius 2 is 1.80 bits per heavy atom. The van der Waals surface area contributed by atoms with Crippen LogP contribution in [-0.4, -0.2) is 16.5 Å². The minimum atomic E-state index is 0.780. The molecule has 1 heterocycles. The van der Waals surface area contributed by atoms with Crippen molar-refractivity contribution in [3.8, 4) is 0 Å². The maximum absolute atomic E-state index is 4.69. The summed E-state index contributed by atoms with van der Waals surface area (Å²) in [5.41, 5.74) is 3.65. The number of hydrogen-bond acceptors (Lipinski definition) is 3. The molecule has 0 unspecified atom stereocenters. The van der Waals surface area contributed by atoms with Crippen LogP contribution in [0.2, 0.25) is 0 Å². The third-order valence-electron chi connectivity index (χ3n) is 3.13. The summed E-state index contributed by atoms with van der Waals surface area (Å²) in [7, 11) is 0. The normalized spacial score (nSPS) is 10.6. The molecule has 0 aliphatic heterocycles. The van der Waals surface area contributed by atoms with E-state index in [9.17, 15) is 0 Å². The van der Waals surface area contributed by atoms with E-state index in [1.807, 2.05) is 0 Å². The van der Waals surface area contributed by atoms with Gasteiger partial charge in [0, 0.05) is 13.0 Å². The number of benzene rings is 1. The average Bonchev–Trinajstić information content (AvgIpc) is 2.45. The molecule has 0 fully saturated rings. The molecule has 0 radical (unpaired) electrons. The van der Waals surface area contributed by atoms with E-state index < -0.39 is 0 Å². The van der Waals surface area contributed by atoms with Gasteiger partial charge in [0.2, 0.25) is 0 Å². The van der Waals surface area contributed by atoms with Crippen LogP contribution >= 0.6 is 22.6 Å². The Morgan fingerprint density at radius 1 is 1.10 bits per heavy atom. The number of aryl methyl sites for hydroxylation is 2. The first-order valence-corrected chi connectivity index (χ1v) is 8.06. The van der Waals surface area contributed by atoms with Crippen LogP contribution in [0.15, 0.2) is 24.3 Å². The Morgan fingerprint density at radius 3 is 2.40 bits per heavy atom. The highest BCUT2D eigenvalue weighted by molar-refractivity contribution is 14.1. The number of nitrogens with zero attached hydrogens (tertiary/aromatic N) is 2. The molecule has 0 saturated heterocycles. The maximum Gasteiger partial charge on any atom is 0.143 e. The second kappa shape index (κ2) is 7.02. The minimum Gasteiger partial charge on any atom is -0.369 e. The monoisotopic (exact) mass is 381 g/mol. The second-order valence-electron chi connectivity index (χ2n) is 4.80. The number of anilines is 1. The molecule has 3 nitrogen and oxygen atoms in total. The van der Waals surface area contributed by atoms with Gasteiger partial charge in [0.15, 0.2) is 0 Å². The van der Waals surface area contributed by atoms with Crippen molar-refractivity contribution in [1.29, 1.82) is 0 Å². The zero-order chi connectivity index (χ0) is 14.5. The first-order chi connectivity index (χ1) is 9.63. The summed E-state index contributed by atoms with van der Waals surface area (Å²) in [5, 5.41) is 3.33. The standard InChI is InChI=1S/C16H20IN3/c1-4-13-15(17)16(18-5-2)20-14(19-13)10-12-8-6-11(3)7-9-12/h6-9H,4-5,10H2,1-3H3,(H,18,19,20). The van der Waals surface area contributed by atoms with Crippen LogP contribution in [0.1, 0.15) is 36.5 Å². The fourth-order valence-electron chi connectivity index (χ4n) is 2.03. The molecule has 0 atom stereocenters. The lowest BCUT2D eigenvalue weighted by atomic mass is 10.1. The number of aromatic nitrogens is 2. The van der Waals surface area contributed by atoms with Crippen LogP contribution in [-0.2, 0) is 12.8 Å². The average molecular weight is 381 g/mol. The summed E-state index contributed by atoms with van der Waals surface area (Å²) in [6, 6.07) is 8.56. The molecule has 1 aromatic carbocycles. The fraction of sp³-hybridized carbons (Fsp3) is 0.375. The number of halogens is 1. The van der Waals surface area contributed by atoms with Crippen molar-refractivity contribution in [1.82, 2.24) is 9.97 Å². The predicted octanol–water partition coefficient (Wildman–Crippen LogP) is 3.97. The zero-order valence-electron chi connectivity index (χ0n) is 12.2. The number of hydrogen-bond donors (Lipinski definition) is 1. The van der Waals surface area contributed by atoms with Gasteiger partial charge in [-0.2, -0.15) is 0 Å². The summed E-state index contributed by atoms with van der Waals surface area (Å²) in [4.78, 5) is 9.35. The van der Waals surface area contributed by atoms with E-state index in [-0.39, 0.29) is 0 Å². The van der Waals surface area contributed by atoms with Crippen LogP contribution in [0.3, 0.4) is 0 Å². The summed E-state index contributed by atoms with van der Waals surface area (Å²) in [6.45, 7) is 7.20. The van der Waals surface area contributed by atoms with Crippen molar-refractivity contribution in [2.24, 2.45) is 0 Å². The third kappa shape index (κ3) is 3.69. The number of rotatable bonds is 5. The van der Waals surface area contributed by atoms with Gasteiger partial charge in [-0.15, -0.1) is 0 Å². The zero-order valence-corrected chi connectivity index (χ0v) is 14.4. The van der Waals surface area contributed by atoms with E-state index >= 15 is 0 Å². The highest BCUT2D eigenvalue weighted by Gasteiger charge is 2.10. The molecular formula is C16H20IN3. The van der Waals surface area contributed by atoms with Crippen molar-refractivity contribution >= 4 is 28.4 Å². The molecule has 1 N–H and O–H groups in total. The molecule has 106 valence electrons. The van der Waals surface area contributed by atoms with E-state index in [0.29, 0.717) is 0 Å². The van der Waals surface area contributed by atoms with Crippen LogP contribution in [0, 0.1) is 10.5 Å². The summed E-state index contributed by atoms with van der Waals surface area (Å²) in [5.74, 6) is 1.85. The first-order valence-electron chi connectivity index (χ1n) is 6.98. The Kier molecular flexibility index (Phi) is 5.34. The highest BCUT2D eigenvalue weighted by atomic mass is 127. The van der Waals surface area contributed by atoms with Crippen molar-refractivity contribution in [3.63, 3.8) is 0 Å². The lowest BCUT2D eigenvalue weighted by Gasteiger charge is -2.11. The molecule has 2 rings (SSSR count). The summed E-state index contributed by atoms with van der Waals surface area (Å²) >= 11 is 2.33. The van der Waals surface area contributed by atoms with Crippen molar-refractivity contribution in [3.05, 3.63) is 50.5 Å². The van der Waals surface area contributed by atoms with E-state index in [0.717, 1.165) is 40.3 Å². The van der Waals surface area contributed by atoms with Crippen LogP contribution in [0.5, 0.6) is 0 Å². The number of nitrogens with one attached hydrogen (secondary N) is 1. The molecule has 0 saturated carbocycles. The lowest BCUT2D eigenvalue weighted by Crippen LogP contribution is -2.09. The first kappa shape index (κ1) is 15.2. The van der Waals surface area contributed by atoms with Gasteiger partial charge in [0.1, 0.15) is 11.6 Å². The van der Waals surface area contributed by atoms with Gasteiger partial charge in [0.05, 0.1) is 9.26 Å². The van der Waals surface area contributed by atoms with E-state index in [1.54, 1.807) is 0 Å². The fourth-order valence-corrected chi connectivity index (χ4v) is 2.84. The SMILES string of the molecule is CCNc1nc(Cc2ccc(C)cc2)nc(CC)c1I. The van der Waals surface area contributed by atoms with Gasteiger partial charge in [-0.05, 0) is 48.4 Å². The molecule has 0 amide bonds. The van der Waals surface area contributed by atoms with E-state index in [1.165, 1.54) is 11.1 Å². The quantitative estimate of drug-likeness (QED) is 0.797. The second-order valence-corrected chi connectivity index (χ2v) is 5.87. The van der Waals surface area contributed by atoms with Crippen molar-refractivity contribution in [2.45, 2.75) is 33.6 Å². The summed E-state index contributed by atoms with van der Waals surface area (Å²) in [6.07, 6.45) is 1.71. The van der Waals surface area contributed by atoms with Crippen molar-refractivity contribution in [2.75, 3.05) is 11.9 Å². The Labute approximate surface area is 134 Å². The van der Waals surface area contributed by atoms with Gasteiger partial charge < -0.3 is 5.32 Å².